The summed E-state index contributed by atoms with van der Waals surface area (Å²) in [7, 11) is 2.23. The fourth-order valence-electron chi connectivity index (χ4n) is 3.21. The van der Waals surface area contributed by atoms with Crippen LogP contribution in [0.25, 0.3) is 0 Å². The molecule has 0 radical (unpaired) electrons. The average molecular weight is 290 g/mol. The van der Waals surface area contributed by atoms with Gasteiger partial charge in [-0.25, -0.2) is 0 Å². The van der Waals surface area contributed by atoms with Crippen LogP contribution >= 0.6 is 0 Å². The van der Waals surface area contributed by atoms with E-state index in [0.717, 1.165) is 36.4 Å². The highest BCUT2D eigenvalue weighted by Crippen LogP contribution is 2.28. The molecule has 2 N–H and O–H groups in total. The van der Waals surface area contributed by atoms with Crippen LogP contribution in [0.5, 0.6) is 5.75 Å². The van der Waals surface area contributed by atoms with Gasteiger partial charge in [0.1, 0.15) is 12.4 Å². The third-order valence-electron chi connectivity index (χ3n) is 4.89. The minimum absolute atomic E-state index is 0.587. The molecule has 21 heavy (non-hydrogen) atoms. The monoisotopic (exact) mass is 290 g/mol. The third-order valence-corrected chi connectivity index (χ3v) is 4.89. The van der Waals surface area contributed by atoms with E-state index in [-0.39, 0.29) is 0 Å². The van der Waals surface area contributed by atoms with Crippen LogP contribution in [-0.4, -0.2) is 31.1 Å². The Morgan fingerprint density at radius 1 is 1.14 bits per heavy atom. The summed E-state index contributed by atoms with van der Waals surface area (Å²) in [6.07, 6.45) is 6.83. The van der Waals surface area contributed by atoms with Gasteiger partial charge in [0.05, 0.1) is 0 Å². The maximum absolute atomic E-state index is 5.83. The van der Waals surface area contributed by atoms with Crippen molar-refractivity contribution in [2.24, 2.45) is 11.7 Å². The molecule has 0 aromatic heterocycles. The van der Waals surface area contributed by atoms with E-state index in [0.29, 0.717) is 6.54 Å². The number of nitrogens with zero attached hydrogens (tertiary/aromatic N) is 1. The number of rotatable bonds is 7. The molecule has 1 fully saturated rings. The van der Waals surface area contributed by atoms with E-state index in [1.807, 2.05) is 24.3 Å². The molecule has 2 rings (SSSR count). The molecule has 1 aromatic rings. The van der Waals surface area contributed by atoms with Crippen molar-refractivity contribution in [2.75, 3.05) is 20.2 Å². The first-order chi connectivity index (χ1) is 10.2. The van der Waals surface area contributed by atoms with Crippen molar-refractivity contribution < 1.29 is 4.74 Å². The summed E-state index contributed by atoms with van der Waals surface area (Å²) in [6.45, 7) is 4.66. The van der Waals surface area contributed by atoms with Gasteiger partial charge < -0.3 is 15.4 Å². The summed E-state index contributed by atoms with van der Waals surface area (Å²) in [5, 5.41) is 0. The SMILES string of the molecule is CCC1CCC(N(C)CCOc2ccc(CN)cc2)CC1. The molecule has 0 atom stereocenters. The minimum atomic E-state index is 0.587. The molecule has 0 bridgehead atoms. The van der Waals surface area contributed by atoms with Crippen LogP contribution in [0.3, 0.4) is 0 Å². The Bertz CT molecular complexity index is 396. The molecular weight excluding hydrogens is 260 g/mol. The fourth-order valence-corrected chi connectivity index (χ4v) is 3.21. The smallest absolute Gasteiger partial charge is 0.119 e. The lowest BCUT2D eigenvalue weighted by Crippen LogP contribution is -2.37. The van der Waals surface area contributed by atoms with Crippen LogP contribution in [0.4, 0.5) is 0 Å². The quantitative estimate of drug-likeness (QED) is 0.836. The van der Waals surface area contributed by atoms with E-state index in [4.69, 9.17) is 10.5 Å². The molecule has 1 aromatic carbocycles. The number of hydrogen-bond acceptors (Lipinski definition) is 3. The lowest BCUT2D eigenvalue weighted by molar-refractivity contribution is 0.141. The first kappa shape index (κ1) is 16.3. The lowest BCUT2D eigenvalue weighted by atomic mass is 9.84. The van der Waals surface area contributed by atoms with E-state index >= 15 is 0 Å². The molecule has 0 aliphatic heterocycles. The van der Waals surface area contributed by atoms with Crippen molar-refractivity contribution >= 4 is 0 Å². The molecule has 3 nitrogen and oxygen atoms in total. The second-order valence-corrected chi connectivity index (χ2v) is 6.26. The Morgan fingerprint density at radius 2 is 1.81 bits per heavy atom. The van der Waals surface area contributed by atoms with E-state index < -0.39 is 0 Å². The highest BCUT2D eigenvalue weighted by atomic mass is 16.5. The Balaban J connectivity index is 1.68. The van der Waals surface area contributed by atoms with Crippen LogP contribution in [0.2, 0.25) is 0 Å². The highest BCUT2D eigenvalue weighted by Gasteiger charge is 2.22. The molecule has 1 saturated carbocycles. The van der Waals surface area contributed by atoms with Gasteiger partial charge in [-0.1, -0.05) is 25.5 Å². The number of hydrogen-bond donors (Lipinski definition) is 1. The van der Waals surface area contributed by atoms with Gasteiger partial charge >= 0.3 is 0 Å². The number of nitrogens with two attached hydrogens (primary N) is 1. The topological polar surface area (TPSA) is 38.5 Å². The summed E-state index contributed by atoms with van der Waals surface area (Å²) in [6, 6.07) is 8.83. The van der Waals surface area contributed by atoms with Gasteiger partial charge in [-0.15, -0.1) is 0 Å². The number of likely N-dealkylation sites (N-methyl/N-ethyl adjacent to an activating group) is 1. The van der Waals surface area contributed by atoms with Crippen molar-refractivity contribution in [2.45, 2.75) is 51.6 Å². The Morgan fingerprint density at radius 3 is 2.38 bits per heavy atom. The first-order valence-corrected chi connectivity index (χ1v) is 8.35. The number of ether oxygens (including phenoxy) is 1. The Hall–Kier alpha value is -1.06. The zero-order valence-corrected chi connectivity index (χ0v) is 13.6. The lowest BCUT2D eigenvalue weighted by Gasteiger charge is -2.34. The second kappa shape index (κ2) is 8.40. The van der Waals surface area contributed by atoms with Gasteiger partial charge in [0.15, 0.2) is 0 Å². The maximum atomic E-state index is 5.83. The van der Waals surface area contributed by atoms with E-state index in [9.17, 15) is 0 Å². The molecule has 0 heterocycles. The van der Waals surface area contributed by atoms with Gasteiger partial charge in [-0.3, -0.25) is 0 Å². The van der Waals surface area contributed by atoms with Gasteiger partial charge in [-0.2, -0.15) is 0 Å². The predicted octanol–water partition coefficient (Wildman–Crippen LogP) is 3.42. The normalized spacial score (nSPS) is 22.5. The van der Waals surface area contributed by atoms with Crippen LogP contribution in [-0.2, 0) is 6.54 Å². The number of benzene rings is 1. The highest BCUT2D eigenvalue weighted by molar-refractivity contribution is 5.27. The summed E-state index contributed by atoms with van der Waals surface area (Å²) in [5.74, 6) is 1.90. The largest absolute Gasteiger partial charge is 0.492 e. The van der Waals surface area contributed by atoms with E-state index in [1.54, 1.807) is 0 Å². The maximum Gasteiger partial charge on any atom is 0.119 e. The minimum Gasteiger partial charge on any atom is -0.492 e. The van der Waals surface area contributed by atoms with Crippen molar-refractivity contribution in [1.82, 2.24) is 4.90 Å². The zero-order valence-electron chi connectivity index (χ0n) is 13.6. The molecule has 3 heteroatoms. The summed E-state index contributed by atoms with van der Waals surface area (Å²) in [4.78, 5) is 2.47. The van der Waals surface area contributed by atoms with Crippen molar-refractivity contribution in [3.05, 3.63) is 29.8 Å². The fraction of sp³-hybridized carbons (Fsp3) is 0.667. The second-order valence-electron chi connectivity index (χ2n) is 6.26. The van der Waals surface area contributed by atoms with Crippen molar-refractivity contribution in [1.29, 1.82) is 0 Å². The van der Waals surface area contributed by atoms with E-state index in [2.05, 4.69) is 18.9 Å². The summed E-state index contributed by atoms with van der Waals surface area (Å²) < 4.78 is 5.83. The van der Waals surface area contributed by atoms with Gasteiger partial charge in [0, 0.05) is 19.1 Å². The predicted molar refractivity (Wildman–Crippen MR) is 88.5 cm³/mol. The third kappa shape index (κ3) is 5.01. The molecule has 118 valence electrons. The van der Waals surface area contributed by atoms with Gasteiger partial charge in [0.2, 0.25) is 0 Å². The van der Waals surface area contributed by atoms with Crippen molar-refractivity contribution in [3.63, 3.8) is 0 Å². The molecule has 0 spiro atoms. The Labute approximate surface area is 129 Å². The van der Waals surface area contributed by atoms with Crippen LogP contribution in [0.15, 0.2) is 24.3 Å². The average Bonchev–Trinajstić information content (AvgIpc) is 2.55. The molecule has 0 saturated heterocycles. The van der Waals surface area contributed by atoms with Crippen LogP contribution in [0, 0.1) is 5.92 Å². The first-order valence-electron chi connectivity index (χ1n) is 8.35. The summed E-state index contributed by atoms with van der Waals surface area (Å²) >= 11 is 0. The Kier molecular flexibility index (Phi) is 6.52. The van der Waals surface area contributed by atoms with Crippen LogP contribution in [0.1, 0.15) is 44.6 Å². The van der Waals surface area contributed by atoms with E-state index in [1.165, 1.54) is 32.1 Å². The molecule has 0 unspecified atom stereocenters. The van der Waals surface area contributed by atoms with Crippen molar-refractivity contribution in [3.8, 4) is 5.75 Å². The molecule has 0 amide bonds. The molecule has 1 aliphatic rings. The molecular formula is C18H30N2O. The van der Waals surface area contributed by atoms with Crippen LogP contribution < -0.4 is 10.5 Å². The van der Waals surface area contributed by atoms with Gasteiger partial charge in [-0.05, 0) is 56.3 Å². The standard InChI is InChI=1S/C18H30N2O/c1-3-15-4-8-17(9-5-15)20(2)12-13-21-18-10-6-16(14-19)7-11-18/h6-7,10-11,15,17H,3-5,8-9,12-14,19H2,1-2H3. The zero-order chi connectivity index (χ0) is 15.1. The van der Waals surface area contributed by atoms with Gasteiger partial charge in [0.25, 0.3) is 0 Å². The summed E-state index contributed by atoms with van der Waals surface area (Å²) in [5.41, 5.74) is 6.74. The molecule has 1 aliphatic carbocycles.